The number of aromatic amines is 1. The van der Waals surface area contributed by atoms with Gasteiger partial charge in [-0.2, -0.15) is 0 Å². The van der Waals surface area contributed by atoms with E-state index in [1.54, 1.807) is 0 Å². The molecule has 1 spiro atoms. The number of aromatic nitrogens is 1. The summed E-state index contributed by atoms with van der Waals surface area (Å²) in [7, 11) is 0. The van der Waals surface area contributed by atoms with Gasteiger partial charge in [-0.15, -0.1) is 0 Å². The number of hydrogen-bond acceptors (Lipinski definition) is 1. The Bertz CT molecular complexity index is 581. The molecule has 1 saturated carbocycles. The van der Waals surface area contributed by atoms with Gasteiger partial charge in [0.15, 0.2) is 0 Å². The molecule has 0 unspecified atom stereocenters. The van der Waals surface area contributed by atoms with Crippen LogP contribution in [0.1, 0.15) is 24.1 Å². The van der Waals surface area contributed by atoms with Crippen molar-refractivity contribution in [3.63, 3.8) is 0 Å². The van der Waals surface area contributed by atoms with E-state index >= 15 is 0 Å². The van der Waals surface area contributed by atoms with Gasteiger partial charge < -0.3 is 10.3 Å². The lowest BCUT2D eigenvalue weighted by Gasteiger charge is -2.23. The molecule has 2 nitrogen and oxygen atoms in total. The highest BCUT2D eigenvalue weighted by atomic mass is 35.5. The summed E-state index contributed by atoms with van der Waals surface area (Å²) in [5.74, 6) is 0. The number of fused-ring (bicyclic) bond motifs is 4. The summed E-state index contributed by atoms with van der Waals surface area (Å²) in [5.41, 5.74) is 4.53. The number of rotatable bonds is 0. The third-order valence-electron chi connectivity index (χ3n) is 3.99. The molecule has 0 amide bonds. The quantitative estimate of drug-likeness (QED) is 0.718. The maximum Gasteiger partial charge on any atom is 0.0460 e. The zero-order valence-electron chi connectivity index (χ0n) is 8.94. The van der Waals surface area contributed by atoms with Crippen LogP contribution in [-0.4, -0.2) is 11.5 Å². The average molecular weight is 233 g/mol. The summed E-state index contributed by atoms with van der Waals surface area (Å²) in [4.78, 5) is 3.52. The van der Waals surface area contributed by atoms with Crippen molar-refractivity contribution < 1.29 is 0 Å². The van der Waals surface area contributed by atoms with Crippen LogP contribution in [0.5, 0.6) is 0 Å². The number of H-pyrrole nitrogens is 1. The minimum Gasteiger partial charge on any atom is -0.357 e. The summed E-state index contributed by atoms with van der Waals surface area (Å²) >= 11 is 6.10. The van der Waals surface area contributed by atoms with Crippen LogP contribution in [0.3, 0.4) is 0 Å². The molecule has 0 radical (unpaired) electrons. The molecule has 2 heterocycles. The summed E-state index contributed by atoms with van der Waals surface area (Å²) in [5, 5.41) is 5.68. The molecule has 1 fully saturated rings. The fourth-order valence-corrected chi connectivity index (χ4v) is 3.22. The standard InChI is InChI=1S/C13H13ClN2/c14-8-1-2-10-9(5-8)12-11(16-10)6-15-7-13(12)3-4-13/h1-2,5,15-16H,3-4,6-7H2. The predicted molar refractivity (Wildman–Crippen MR) is 65.9 cm³/mol. The van der Waals surface area contributed by atoms with E-state index in [1.165, 1.54) is 35.0 Å². The Morgan fingerprint density at radius 3 is 2.94 bits per heavy atom. The molecule has 3 heteroatoms. The van der Waals surface area contributed by atoms with Crippen molar-refractivity contribution in [2.75, 3.05) is 6.54 Å². The second kappa shape index (κ2) is 2.82. The first kappa shape index (κ1) is 9.08. The molecule has 1 aliphatic heterocycles. The SMILES string of the molecule is Clc1ccc2[nH]c3c(c2c1)C1(CC1)CNC3. The van der Waals surface area contributed by atoms with Crippen molar-refractivity contribution in [2.24, 2.45) is 0 Å². The molecule has 82 valence electrons. The van der Waals surface area contributed by atoms with Gasteiger partial charge in [-0.1, -0.05) is 11.6 Å². The molecule has 1 aromatic heterocycles. The lowest BCUT2D eigenvalue weighted by atomic mass is 9.90. The Balaban J connectivity index is 2.08. The van der Waals surface area contributed by atoms with Crippen molar-refractivity contribution in [3.8, 4) is 0 Å². The van der Waals surface area contributed by atoms with Crippen LogP contribution in [0, 0.1) is 0 Å². The Morgan fingerprint density at radius 1 is 1.25 bits per heavy atom. The van der Waals surface area contributed by atoms with E-state index in [2.05, 4.69) is 22.4 Å². The second-order valence-corrected chi connectivity index (χ2v) is 5.49. The van der Waals surface area contributed by atoms with Crippen molar-refractivity contribution >= 4 is 22.5 Å². The Hall–Kier alpha value is -0.990. The fourth-order valence-electron chi connectivity index (χ4n) is 3.05. The van der Waals surface area contributed by atoms with E-state index in [0.29, 0.717) is 5.41 Å². The topological polar surface area (TPSA) is 27.8 Å². The first-order valence-electron chi connectivity index (χ1n) is 5.80. The molecule has 0 atom stereocenters. The van der Waals surface area contributed by atoms with Gasteiger partial charge in [-0.3, -0.25) is 0 Å². The van der Waals surface area contributed by atoms with E-state index in [-0.39, 0.29) is 0 Å². The van der Waals surface area contributed by atoms with E-state index in [0.717, 1.165) is 18.1 Å². The fraction of sp³-hybridized carbons (Fsp3) is 0.385. The van der Waals surface area contributed by atoms with E-state index in [4.69, 9.17) is 11.6 Å². The monoisotopic (exact) mass is 232 g/mol. The van der Waals surface area contributed by atoms with Crippen molar-refractivity contribution in [2.45, 2.75) is 24.8 Å². The minimum absolute atomic E-state index is 0.413. The highest BCUT2D eigenvalue weighted by Gasteiger charge is 2.48. The lowest BCUT2D eigenvalue weighted by Crippen LogP contribution is -2.32. The van der Waals surface area contributed by atoms with E-state index in [9.17, 15) is 0 Å². The smallest absolute Gasteiger partial charge is 0.0460 e. The van der Waals surface area contributed by atoms with Gasteiger partial charge in [0.1, 0.15) is 0 Å². The zero-order valence-corrected chi connectivity index (χ0v) is 9.69. The van der Waals surface area contributed by atoms with Crippen molar-refractivity contribution in [1.82, 2.24) is 10.3 Å². The average Bonchev–Trinajstić information content (AvgIpc) is 2.92. The number of benzene rings is 1. The summed E-state index contributed by atoms with van der Waals surface area (Å²) in [6, 6.07) is 6.16. The molecule has 1 aromatic carbocycles. The van der Waals surface area contributed by atoms with Crippen LogP contribution in [-0.2, 0) is 12.0 Å². The Labute approximate surface area is 99.0 Å². The molecular formula is C13H13ClN2. The third-order valence-corrected chi connectivity index (χ3v) is 4.22. The highest BCUT2D eigenvalue weighted by molar-refractivity contribution is 6.31. The zero-order chi connectivity index (χ0) is 10.8. The lowest BCUT2D eigenvalue weighted by molar-refractivity contribution is 0.529. The Kier molecular flexibility index (Phi) is 1.60. The van der Waals surface area contributed by atoms with Gasteiger partial charge in [0.05, 0.1) is 0 Å². The predicted octanol–water partition coefficient (Wildman–Crippen LogP) is 2.96. The molecule has 0 saturated heterocycles. The normalized spacial score (nSPS) is 21.3. The van der Waals surface area contributed by atoms with Crippen LogP contribution in [0.2, 0.25) is 5.02 Å². The minimum atomic E-state index is 0.413. The highest BCUT2D eigenvalue weighted by Crippen LogP contribution is 2.53. The molecule has 16 heavy (non-hydrogen) atoms. The van der Waals surface area contributed by atoms with Crippen LogP contribution in [0.15, 0.2) is 18.2 Å². The van der Waals surface area contributed by atoms with Crippen LogP contribution >= 0.6 is 11.6 Å². The molecule has 1 aliphatic carbocycles. The summed E-state index contributed by atoms with van der Waals surface area (Å²) in [6.45, 7) is 2.09. The molecule has 4 rings (SSSR count). The molecule has 0 bridgehead atoms. The van der Waals surface area contributed by atoms with Gasteiger partial charge in [-0.25, -0.2) is 0 Å². The van der Waals surface area contributed by atoms with Crippen molar-refractivity contribution in [1.29, 1.82) is 0 Å². The van der Waals surface area contributed by atoms with Gasteiger partial charge in [-0.05, 0) is 36.6 Å². The van der Waals surface area contributed by atoms with Gasteiger partial charge in [0, 0.05) is 40.1 Å². The third kappa shape index (κ3) is 1.06. The van der Waals surface area contributed by atoms with Crippen molar-refractivity contribution in [3.05, 3.63) is 34.5 Å². The van der Waals surface area contributed by atoms with Gasteiger partial charge in [0.25, 0.3) is 0 Å². The van der Waals surface area contributed by atoms with Gasteiger partial charge in [0.2, 0.25) is 0 Å². The van der Waals surface area contributed by atoms with Crippen LogP contribution in [0.4, 0.5) is 0 Å². The van der Waals surface area contributed by atoms with Crippen LogP contribution < -0.4 is 5.32 Å². The maximum atomic E-state index is 6.10. The van der Waals surface area contributed by atoms with Gasteiger partial charge >= 0.3 is 0 Å². The van der Waals surface area contributed by atoms with Crippen LogP contribution in [0.25, 0.3) is 10.9 Å². The molecule has 2 aliphatic rings. The Morgan fingerprint density at radius 2 is 2.12 bits per heavy atom. The summed E-state index contributed by atoms with van der Waals surface area (Å²) < 4.78 is 0. The molecular weight excluding hydrogens is 220 g/mol. The number of nitrogens with one attached hydrogen (secondary N) is 2. The summed E-state index contributed by atoms with van der Waals surface area (Å²) in [6.07, 6.45) is 2.62. The molecule has 2 N–H and O–H groups in total. The number of halogens is 1. The second-order valence-electron chi connectivity index (χ2n) is 5.05. The number of hydrogen-bond donors (Lipinski definition) is 2. The van der Waals surface area contributed by atoms with E-state index < -0.39 is 0 Å². The maximum absolute atomic E-state index is 6.10. The largest absolute Gasteiger partial charge is 0.357 e. The van der Waals surface area contributed by atoms with E-state index in [1.807, 2.05) is 6.07 Å². The molecule has 2 aromatic rings. The first-order valence-corrected chi connectivity index (χ1v) is 6.18. The first-order chi connectivity index (χ1) is 7.78.